The molecule has 0 amide bonds. The fraction of sp³-hybridized carbons (Fsp3) is 0.429. The van der Waals surface area contributed by atoms with Crippen molar-refractivity contribution in [2.24, 2.45) is 0 Å². The van der Waals surface area contributed by atoms with Crippen molar-refractivity contribution >= 4 is 45.4 Å². The Morgan fingerprint density at radius 2 is 1.24 bits per heavy atom. The normalized spacial score (nSPS) is 15.8. The van der Waals surface area contributed by atoms with Gasteiger partial charge in [-0.2, -0.15) is 6.67 Å². The molecule has 0 bridgehead atoms. The van der Waals surface area contributed by atoms with Crippen LogP contribution in [0.1, 0.15) is 65.6 Å². The van der Waals surface area contributed by atoms with Gasteiger partial charge in [0.05, 0.1) is 0 Å². The molecule has 0 spiro atoms. The molecule has 0 N–H and O–H groups in total. The standard InChI is InChI=1S/C21H27N2.C14H19NO3S.2ClH.Ru/c1-14-9-16(3)20(17(4)10-14)22-7-8-23(13-22)21-18(5)11-15(2)12-19(21)6;1-11(2)18-14-7-6-13(10-12(14)3)19(16,17)15-8-4-5-9-15;;;/h9-13H,7-8H2,1-6H3;3,6-7,10-11H,4-5,8-9H2,1-2H3;2*1H;/q-1;;;;+2/p-2. The molecule has 45 heavy (non-hydrogen) atoms. The van der Waals surface area contributed by atoms with Gasteiger partial charge < -0.3 is 9.80 Å². The number of sulfonamides is 1. The minimum atomic E-state index is -3.45. The molecule has 2 aliphatic heterocycles. The maximum atomic E-state index is 12.6. The molecule has 3 aromatic carbocycles. The molecule has 2 fully saturated rings. The summed E-state index contributed by atoms with van der Waals surface area (Å²) in [5, 5.41) is 0. The van der Waals surface area contributed by atoms with Gasteiger partial charge in [-0.25, -0.2) is 0 Å². The van der Waals surface area contributed by atoms with Crippen molar-refractivity contribution in [2.45, 2.75) is 79.2 Å². The Bertz CT molecular complexity index is 1560. The number of nitrogens with zero attached hydrogens (tertiary/aromatic N) is 3. The molecule has 5 rings (SSSR count). The second-order valence-electron chi connectivity index (χ2n) is 12.3. The molecule has 2 aliphatic rings. The van der Waals surface area contributed by atoms with Gasteiger partial charge >= 0.3 is 145 Å². The molecule has 3 aromatic rings. The Balaban J connectivity index is 0.000000205. The third-order valence-corrected chi connectivity index (χ3v) is 11.7. The first-order valence-corrected chi connectivity index (χ1v) is 22.3. The summed E-state index contributed by atoms with van der Waals surface area (Å²) in [4.78, 5) is 5.08. The van der Waals surface area contributed by atoms with Crippen LogP contribution in [0.3, 0.4) is 0 Å². The minimum Gasteiger partial charge on any atom is -0.502 e. The van der Waals surface area contributed by atoms with E-state index in [4.69, 9.17) is 24.1 Å². The molecule has 6 nitrogen and oxygen atoms in total. The van der Waals surface area contributed by atoms with Crippen LogP contribution in [0.25, 0.3) is 0 Å². The maximum absolute atomic E-state index is 12.6. The predicted octanol–water partition coefficient (Wildman–Crippen LogP) is 8.32. The Labute approximate surface area is 283 Å². The first-order chi connectivity index (χ1) is 21.2. The molecule has 0 unspecified atom stereocenters. The molecular formula is C35H46Cl2N3O3RuS-. The monoisotopic (exact) mass is 760 g/mol. The van der Waals surface area contributed by atoms with Crippen LogP contribution in [0.5, 0.6) is 5.75 Å². The van der Waals surface area contributed by atoms with E-state index in [0.29, 0.717) is 24.4 Å². The fourth-order valence-electron chi connectivity index (χ4n) is 6.38. The molecule has 2 saturated heterocycles. The van der Waals surface area contributed by atoms with Crippen molar-refractivity contribution < 1.29 is 26.7 Å². The van der Waals surface area contributed by atoms with Gasteiger partial charge in [-0.15, -0.1) is 0 Å². The smallest absolute Gasteiger partial charge is 0.0146 e. The van der Waals surface area contributed by atoms with E-state index in [9.17, 15) is 8.42 Å². The second kappa shape index (κ2) is 15.3. The van der Waals surface area contributed by atoms with E-state index in [0.717, 1.165) is 25.9 Å². The zero-order valence-corrected chi connectivity index (χ0v) is 31.7. The molecule has 0 aromatic heterocycles. The summed E-state index contributed by atoms with van der Waals surface area (Å²) in [7, 11) is 8.45. The van der Waals surface area contributed by atoms with Crippen molar-refractivity contribution in [3.05, 3.63) is 88.1 Å². The average molecular weight is 761 g/mol. The van der Waals surface area contributed by atoms with Crippen LogP contribution >= 0.6 is 19.4 Å². The molecule has 0 aliphatic carbocycles. The Morgan fingerprint density at radius 1 is 0.778 bits per heavy atom. The van der Waals surface area contributed by atoms with Gasteiger partial charge in [-0.1, -0.05) is 35.4 Å². The first kappa shape index (κ1) is 35.9. The maximum Gasteiger partial charge on any atom is 0.0146 e. The summed E-state index contributed by atoms with van der Waals surface area (Å²) < 4.78 is 34.2. The van der Waals surface area contributed by atoms with Crippen molar-refractivity contribution in [3.8, 4) is 5.75 Å². The van der Waals surface area contributed by atoms with Crippen LogP contribution in [-0.2, 0) is 23.5 Å². The summed E-state index contributed by atoms with van der Waals surface area (Å²) in [5.41, 5.74) is 11.5. The van der Waals surface area contributed by atoms with Crippen LogP contribution in [-0.4, -0.2) is 49.6 Å². The van der Waals surface area contributed by atoms with Gasteiger partial charge in [0.15, 0.2) is 0 Å². The number of ether oxygens (including phenoxy) is 1. The van der Waals surface area contributed by atoms with Crippen molar-refractivity contribution in [1.82, 2.24) is 4.31 Å². The van der Waals surface area contributed by atoms with Crippen LogP contribution < -0.4 is 14.5 Å². The summed E-state index contributed by atoms with van der Waals surface area (Å²) >= 11 is -2.08. The Kier molecular flexibility index (Phi) is 12.2. The number of hydrogen-bond donors (Lipinski definition) is 0. The molecule has 2 heterocycles. The Morgan fingerprint density at radius 3 is 1.67 bits per heavy atom. The van der Waals surface area contributed by atoms with Gasteiger partial charge in [0, 0.05) is 24.5 Å². The van der Waals surface area contributed by atoms with Gasteiger partial charge in [0.1, 0.15) is 0 Å². The van der Waals surface area contributed by atoms with Crippen molar-refractivity contribution in [2.75, 3.05) is 36.0 Å². The van der Waals surface area contributed by atoms with E-state index < -0.39 is 23.5 Å². The molecule has 0 atom stereocenters. The van der Waals surface area contributed by atoms with Crippen LogP contribution in [0, 0.1) is 48.2 Å². The van der Waals surface area contributed by atoms with Gasteiger partial charge in [-0.05, 0) is 63.8 Å². The van der Waals surface area contributed by atoms with Crippen LogP contribution in [0.15, 0.2) is 47.4 Å². The number of benzene rings is 3. The van der Waals surface area contributed by atoms with E-state index in [2.05, 4.69) is 82.3 Å². The predicted molar refractivity (Wildman–Crippen MR) is 187 cm³/mol. The summed E-state index contributed by atoms with van der Waals surface area (Å²) in [5.74, 6) is 0.607. The van der Waals surface area contributed by atoms with E-state index in [1.807, 2.05) is 13.8 Å². The second-order valence-corrected chi connectivity index (χ2v) is 19.9. The quantitative estimate of drug-likeness (QED) is 0.179. The molecule has 248 valence electrons. The number of hydrogen-bond acceptors (Lipinski definition) is 5. The summed E-state index contributed by atoms with van der Waals surface area (Å²) in [6.07, 6.45) is 1.80. The van der Waals surface area contributed by atoms with Gasteiger partial charge in [0.25, 0.3) is 0 Å². The molecule has 0 saturated carbocycles. The van der Waals surface area contributed by atoms with Gasteiger partial charge in [0.2, 0.25) is 0 Å². The Hall–Kier alpha value is -1.96. The summed E-state index contributed by atoms with van der Waals surface area (Å²) in [6, 6.07) is 14.0. The van der Waals surface area contributed by atoms with Crippen molar-refractivity contribution in [3.63, 3.8) is 0 Å². The third kappa shape index (κ3) is 8.90. The molecule has 10 heteroatoms. The van der Waals surface area contributed by atoms with E-state index in [-0.39, 0.29) is 11.0 Å². The minimum absolute atomic E-state index is 0.0144. The van der Waals surface area contributed by atoms with Crippen LogP contribution in [0.4, 0.5) is 11.4 Å². The first-order valence-electron chi connectivity index (χ1n) is 15.4. The van der Waals surface area contributed by atoms with Gasteiger partial charge in [-0.3, -0.25) is 0 Å². The number of aryl methyl sites for hydroxylation is 6. The third-order valence-electron chi connectivity index (χ3n) is 7.94. The average Bonchev–Trinajstić information content (AvgIpc) is 3.62. The topological polar surface area (TPSA) is 53.1 Å². The van der Waals surface area contributed by atoms with E-state index in [1.165, 1.54) is 49.1 Å². The summed E-state index contributed by atoms with van der Waals surface area (Å²) in [6.45, 7) is 22.5. The van der Waals surface area contributed by atoms with Crippen molar-refractivity contribution in [1.29, 1.82) is 0 Å². The molecular weight excluding hydrogens is 714 g/mol. The number of halogens is 2. The number of rotatable bonds is 7. The molecule has 0 radical (unpaired) electrons. The zero-order chi connectivity index (χ0) is 33.1. The fourth-order valence-corrected chi connectivity index (χ4v) is 9.71. The van der Waals surface area contributed by atoms with E-state index >= 15 is 0 Å². The largest absolute Gasteiger partial charge is 0.502 e. The SMILES string of the molecule is CC(C)Oc1ccc(S(=O)(=O)N2CCCC2)cc1[CH]=[Ru]([Cl])[Cl].Cc1cc(C)c(N2[CH-]N(c3c(C)cc(C)cc3C)CC2)c(C)c1. The van der Waals surface area contributed by atoms with Crippen LogP contribution in [0.2, 0.25) is 0 Å². The zero-order valence-electron chi connectivity index (χ0n) is 27.6. The van der Waals surface area contributed by atoms with E-state index in [1.54, 1.807) is 22.8 Å². The number of anilines is 2.